The Morgan fingerprint density at radius 2 is 1.79 bits per heavy atom. The predicted octanol–water partition coefficient (Wildman–Crippen LogP) is 3.52. The van der Waals surface area contributed by atoms with Crippen LogP contribution < -0.4 is 9.47 Å². The first-order valence-electron chi connectivity index (χ1n) is 4.05. The Labute approximate surface area is 100.0 Å². The van der Waals surface area contributed by atoms with Crippen LogP contribution in [0.4, 0.5) is 0 Å². The van der Waals surface area contributed by atoms with E-state index in [1.807, 2.05) is 12.1 Å². The maximum atomic E-state index is 5.24. The highest BCUT2D eigenvalue weighted by molar-refractivity contribution is 14.1. The van der Waals surface area contributed by atoms with E-state index in [4.69, 9.17) is 9.47 Å². The van der Waals surface area contributed by atoms with Crippen molar-refractivity contribution in [2.45, 2.75) is 0 Å². The Hall–Kier alpha value is -0.490. The van der Waals surface area contributed by atoms with Crippen molar-refractivity contribution in [1.82, 2.24) is 0 Å². The number of halogens is 1. The third-order valence-electron chi connectivity index (χ3n) is 2.03. The molecule has 0 radical (unpaired) electrons. The van der Waals surface area contributed by atoms with Crippen LogP contribution in [-0.2, 0) is 0 Å². The van der Waals surface area contributed by atoms with Gasteiger partial charge in [0.25, 0.3) is 0 Å². The molecule has 0 amide bonds. The zero-order valence-electron chi connectivity index (χ0n) is 7.83. The summed E-state index contributed by atoms with van der Waals surface area (Å²) < 4.78 is 13.0. The smallest absolute Gasteiger partial charge is 0.162 e. The van der Waals surface area contributed by atoms with E-state index in [0.717, 1.165) is 11.5 Å². The van der Waals surface area contributed by atoms with Crippen LogP contribution in [0.3, 0.4) is 0 Å². The van der Waals surface area contributed by atoms with Crippen molar-refractivity contribution in [3.05, 3.63) is 21.1 Å². The Morgan fingerprint density at radius 1 is 1.14 bits per heavy atom. The molecule has 2 rings (SSSR count). The van der Waals surface area contributed by atoms with E-state index < -0.39 is 0 Å². The summed E-state index contributed by atoms with van der Waals surface area (Å²) in [6.07, 6.45) is 0. The molecule has 0 bridgehead atoms. The fourth-order valence-electron chi connectivity index (χ4n) is 1.32. The van der Waals surface area contributed by atoms with Gasteiger partial charge in [-0.2, -0.15) is 0 Å². The van der Waals surface area contributed by atoms with Gasteiger partial charge in [0.05, 0.1) is 14.2 Å². The summed E-state index contributed by atoms with van der Waals surface area (Å²) in [4.78, 5) is 0. The predicted molar refractivity (Wildman–Crippen MR) is 67.6 cm³/mol. The third kappa shape index (κ3) is 1.56. The second kappa shape index (κ2) is 3.94. The highest BCUT2D eigenvalue weighted by Crippen LogP contribution is 2.37. The second-order valence-electron chi connectivity index (χ2n) is 2.79. The third-order valence-corrected chi connectivity index (χ3v) is 4.29. The van der Waals surface area contributed by atoms with Crippen molar-refractivity contribution >= 4 is 44.0 Å². The summed E-state index contributed by atoms with van der Waals surface area (Å²) in [7, 11) is 3.31. The number of thiophene rings is 1. The normalized spacial score (nSPS) is 10.5. The number of hydrogen-bond donors (Lipinski definition) is 0. The van der Waals surface area contributed by atoms with E-state index in [9.17, 15) is 0 Å². The number of rotatable bonds is 2. The summed E-state index contributed by atoms with van der Waals surface area (Å²) in [6, 6.07) is 4.04. The zero-order valence-corrected chi connectivity index (χ0v) is 10.8. The van der Waals surface area contributed by atoms with Crippen LogP contribution in [0.25, 0.3) is 10.1 Å². The molecule has 1 aromatic heterocycles. The summed E-state index contributed by atoms with van der Waals surface area (Å²) in [5, 5.41) is 3.36. The van der Waals surface area contributed by atoms with E-state index in [1.165, 1.54) is 13.7 Å². The van der Waals surface area contributed by atoms with Gasteiger partial charge < -0.3 is 9.47 Å². The fraction of sp³-hybridized carbons (Fsp3) is 0.200. The van der Waals surface area contributed by atoms with Crippen molar-refractivity contribution < 1.29 is 9.47 Å². The van der Waals surface area contributed by atoms with Gasteiger partial charge in [-0.3, -0.25) is 0 Å². The standard InChI is InChI=1S/C10H9IO2S/c1-12-8-3-6-7(11)5-14-10(6)4-9(8)13-2/h3-5H,1-2H3. The van der Waals surface area contributed by atoms with Gasteiger partial charge in [-0.05, 0) is 28.7 Å². The average Bonchev–Trinajstić information content (AvgIpc) is 2.58. The molecule has 1 aromatic carbocycles. The lowest BCUT2D eigenvalue weighted by atomic mass is 10.2. The molecule has 0 spiro atoms. The molecule has 0 aliphatic rings. The van der Waals surface area contributed by atoms with E-state index in [0.29, 0.717) is 0 Å². The highest BCUT2D eigenvalue weighted by atomic mass is 127. The molecule has 2 aromatic rings. The number of ether oxygens (including phenoxy) is 2. The highest BCUT2D eigenvalue weighted by Gasteiger charge is 2.08. The number of fused-ring (bicyclic) bond motifs is 1. The Balaban J connectivity index is 2.71. The van der Waals surface area contributed by atoms with Crippen LogP contribution >= 0.6 is 33.9 Å². The van der Waals surface area contributed by atoms with Gasteiger partial charge in [0.15, 0.2) is 11.5 Å². The first-order valence-corrected chi connectivity index (χ1v) is 6.01. The average molecular weight is 320 g/mol. The molecule has 0 atom stereocenters. The Morgan fingerprint density at radius 3 is 2.43 bits per heavy atom. The minimum absolute atomic E-state index is 0.788. The monoisotopic (exact) mass is 320 g/mol. The molecule has 14 heavy (non-hydrogen) atoms. The summed E-state index contributed by atoms with van der Waals surface area (Å²) >= 11 is 4.04. The van der Waals surface area contributed by atoms with E-state index in [2.05, 4.69) is 28.0 Å². The van der Waals surface area contributed by atoms with Crippen LogP contribution in [0, 0.1) is 3.57 Å². The Kier molecular flexibility index (Phi) is 2.83. The maximum Gasteiger partial charge on any atom is 0.162 e. The first kappa shape index (κ1) is 10.0. The van der Waals surface area contributed by atoms with Gasteiger partial charge >= 0.3 is 0 Å². The van der Waals surface area contributed by atoms with Crippen molar-refractivity contribution in [1.29, 1.82) is 0 Å². The zero-order chi connectivity index (χ0) is 10.1. The number of methoxy groups -OCH3 is 2. The maximum absolute atomic E-state index is 5.24. The molecule has 1 heterocycles. The SMILES string of the molecule is COc1cc2scc(I)c2cc1OC. The number of hydrogen-bond acceptors (Lipinski definition) is 3. The van der Waals surface area contributed by atoms with Crippen molar-refractivity contribution in [3.8, 4) is 11.5 Å². The minimum atomic E-state index is 0.788. The second-order valence-corrected chi connectivity index (χ2v) is 4.86. The molecule has 0 saturated heterocycles. The molecule has 0 aliphatic heterocycles. The fourth-order valence-corrected chi connectivity index (χ4v) is 3.16. The molecule has 4 heteroatoms. The molecular formula is C10H9IO2S. The molecule has 74 valence electrons. The Bertz CT molecular complexity index is 464. The summed E-state index contributed by atoms with van der Waals surface area (Å²) in [5.41, 5.74) is 0. The van der Waals surface area contributed by atoms with E-state index in [1.54, 1.807) is 25.6 Å². The minimum Gasteiger partial charge on any atom is -0.493 e. The van der Waals surface area contributed by atoms with Gasteiger partial charge in [-0.15, -0.1) is 11.3 Å². The lowest BCUT2D eigenvalue weighted by Crippen LogP contribution is -1.89. The molecule has 0 aliphatic carbocycles. The van der Waals surface area contributed by atoms with Crippen molar-refractivity contribution in [2.24, 2.45) is 0 Å². The number of benzene rings is 1. The van der Waals surface area contributed by atoms with Crippen LogP contribution in [0.5, 0.6) is 11.5 Å². The molecular weight excluding hydrogens is 311 g/mol. The van der Waals surface area contributed by atoms with Crippen molar-refractivity contribution in [2.75, 3.05) is 14.2 Å². The van der Waals surface area contributed by atoms with Gasteiger partial charge in [0.1, 0.15) is 0 Å². The molecule has 0 N–H and O–H groups in total. The first-order chi connectivity index (χ1) is 6.76. The van der Waals surface area contributed by atoms with Crippen molar-refractivity contribution in [3.63, 3.8) is 0 Å². The summed E-state index contributed by atoms with van der Waals surface area (Å²) in [5.74, 6) is 1.58. The van der Waals surface area contributed by atoms with Crippen LogP contribution in [-0.4, -0.2) is 14.2 Å². The van der Waals surface area contributed by atoms with Crippen LogP contribution in [0.1, 0.15) is 0 Å². The molecule has 2 nitrogen and oxygen atoms in total. The lowest BCUT2D eigenvalue weighted by Gasteiger charge is -2.06. The molecule has 0 saturated carbocycles. The van der Waals surface area contributed by atoms with Gasteiger partial charge in [0, 0.05) is 25.1 Å². The van der Waals surface area contributed by atoms with Crippen LogP contribution in [0.15, 0.2) is 17.5 Å². The van der Waals surface area contributed by atoms with Gasteiger partial charge in [-0.25, -0.2) is 0 Å². The molecule has 0 fully saturated rings. The topological polar surface area (TPSA) is 18.5 Å². The van der Waals surface area contributed by atoms with Crippen LogP contribution in [0.2, 0.25) is 0 Å². The van der Waals surface area contributed by atoms with Gasteiger partial charge in [-0.1, -0.05) is 0 Å². The quantitative estimate of drug-likeness (QED) is 0.788. The molecule has 0 unspecified atom stereocenters. The van der Waals surface area contributed by atoms with E-state index in [-0.39, 0.29) is 0 Å². The van der Waals surface area contributed by atoms with Gasteiger partial charge in [0.2, 0.25) is 0 Å². The largest absolute Gasteiger partial charge is 0.493 e. The summed E-state index contributed by atoms with van der Waals surface area (Å²) in [6.45, 7) is 0. The lowest BCUT2D eigenvalue weighted by molar-refractivity contribution is 0.356. The van der Waals surface area contributed by atoms with E-state index >= 15 is 0 Å².